The Kier molecular flexibility index (Phi) is 9.53. The van der Waals surface area contributed by atoms with Crippen LogP contribution < -0.4 is 10.6 Å². The summed E-state index contributed by atoms with van der Waals surface area (Å²) in [7, 11) is 0. The lowest BCUT2D eigenvalue weighted by Crippen LogP contribution is -2.42. The van der Waals surface area contributed by atoms with Crippen LogP contribution in [0.3, 0.4) is 0 Å². The highest BCUT2D eigenvalue weighted by Crippen LogP contribution is 2.14. The Balaban J connectivity index is 1.47. The highest BCUT2D eigenvalue weighted by atomic mass is 16.5. The van der Waals surface area contributed by atoms with Gasteiger partial charge >= 0.3 is 0 Å². The second-order valence-electron chi connectivity index (χ2n) is 8.10. The fraction of sp³-hybridized carbons (Fsp3) is 0.682. The molecule has 0 spiro atoms. The Labute approximate surface area is 179 Å². The summed E-state index contributed by atoms with van der Waals surface area (Å²) >= 11 is 0. The molecule has 166 valence electrons. The standard InChI is InChI=1S/C22H35N5O3/c28-21-6-12-27(18-19-3-7-23-8-4-19)11-1-2-20(5-9-24-21)22(29)25-10-13-26-14-16-30-17-15-26/h3-4,7-8,20H,1-2,5-6,9-18H2,(H,24,28)(H,25,29). The van der Waals surface area contributed by atoms with Gasteiger partial charge in [0.25, 0.3) is 0 Å². The molecular formula is C22H35N5O3. The molecule has 2 saturated heterocycles. The van der Waals surface area contributed by atoms with E-state index in [-0.39, 0.29) is 17.7 Å². The third-order valence-electron chi connectivity index (χ3n) is 5.85. The average Bonchev–Trinajstić information content (AvgIpc) is 2.81. The van der Waals surface area contributed by atoms with E-state index < -0.39 is 0 Å². The molecule has 0 aliphatic carbocycles. The zero-order valence-electron chi connectivity index (χ0n) is 17.9. The van der Waals surface area contributed by atoms with Crippen molar-refractivity contribution in [3.63, 3.8) is 0 Å². The van der Waals surface area contributed by atoms with E-state index in [4.69, 9.17) is 4.74 Å². The summed E-state index contributed by atoms with van der Waals surface area (Å²) in [5.41, 5.74) is 1.19. The number of amides is 2. The number of aromatic nitrogens is 1. The zero-order valence-corrected chi connectivity index (χ0v) is 17.9. The lowest BCUT2D eigenvalue weighted by molar-refractivity contribution is -0.126. The number of carbonyl (C=O) groups is 2. The van der Waals surface area contributed by atoms with Gasteiger partial charge in [0.05, 0.1) is 13.2 Å². The molecule has 30 heavy (non-hydrogen) atoms. The highest BCUT2D eigenvalue weighted by Gasteiger charge is 2.20. The fourth-order valence-electron chi connectivity index (χ4n) is 4.02. The lowest BCUT2D eigenvalue weighted by atomic mass is 9.98. The minimum Gasteiger partial charge on any atom is -0.379 e. The largest absolute Gasteiger partial charge is 0.379 e. The molecule has 1 aromatic rings. The third-order valence-corrected chi connectivity index (χ3v) is 5.85. The van der Waals surface area contributed by atoms with E-state index in [0.717, 1.165) is 65.3 Å². The maximum atomic E-state index is 12.8. The number of hydrogen-bond acceptors (Lipinski definition) is 6. The van der Waals surface area contributed by atoms with Crippen molar-refractivity contribution in [2.75, 3.05) is 59.0 Å². The van der Waals surface area contributed by atoms with Gasteiger partial charge in [0, 0.05) is 70.5 Å². The molecule has 0 radical (unpaired) electrons. The number of nitrogens with one attached hydrogen (secondary N) is 2. The molecule has 2 amide bonds. The van der Waals surface area contributed by atoms with E-state index in [2.05, 4.69) is 25.4 Å². The first-order chi connectivity index (χ1) is 14.7. The summed E-state index contributed by atoms with van der Waals surface area (Å²) in [5, 5.41) is 6.09. The summed E-state index contributed by atoms with van der Waals surface area (Å²) in [6, 6.07) is 4.02. The Morgan fingerprint density at radius 3 is 2.73 bits per heavy atom. The number of ether oxygens (including phenoxy) is 1. The van der Waals surface area contributed by atoms with Gasteiger partial charge in [0.1, 0.15) is 0 Å². The minimum absolute atomic E-state index is 0.0584. The molecule has 8 nitrogen and oxygen atoms in total. The van der Waals surface area contributed by atoms with E-state index in [1.165, 1.54) is 5.56 Å². The Morgan fingerprint density at radius 2 is 1.93 bits per heavy atom. The molecule has 3 rings (SSSR count). The molecule has 1 atom stereocenters. The first-order valence-corrected chi connectivity index (χ1v) is 11.2. The summed E-state index contributed by atoms with van der Waals surface area (Å²) < 4.78 is 5.36. The van der Waals surface area contributed by atoms with Crippen LogP contribution in [-0.2, 0) is 20.9 Å². The minimum atomic E-state index is -0.0594. The van der Waals surface area contributed by atoms with Crippen molar-refractivity contribution in [2.45, 2.75) is 32.2 Å². The van der Waals surface area contributed by atoms with Gasteiger partial charge in [-0.25, -0.2) is 0 Å². The summed E-state index contributed by atoms with van der Waals surface area (Å²) in [4.78, 5) is 33.6. The van der Waals surface area contributed by atoms with Gasteiger partial charge in [-0.15, -0.1) is 0 Å². The van der Waals surface area contributed by atoms with Crippen LogP contribution in [0.25, 0.3) is 0 Å². The number of rotatable bonds is 6. The van der Waals surface area contributed by atoms with Crippen molar-refractivity contribution < 1.29 is 14.3 Å². The monoisotopic (exact) mass is 417 g/mol. The number of carbonyl (C=O) groups excluding carboxylic acids is 2. The van der Waals surface area contributed by atoms with Crippen molar-refractivity contribution in [1.29, 1.82) is 0 Å². The van der Waals surface area contributed by atoms with Crippen LogP contribution in [0.2, 0.25) is 0 Å². The van der Waals surface area contributed by atoms with Crippen molar-refractivity contribution in [2.24, 2.45) is 5.92 Å². The molecule has 2 aliphatic rings. The molecule has 1 aromatic heterocycles. The molecule has 2 fully saturated rings. The highest BCUT2D eigenvalue weighted by molar-refractivity contribution is 5.79. The van der Waals surface area contributed by atoms with Gasteiger partial charge in [-0.3, -0.25) is 24.4 Å². The quantitative estimate of drug-likeness (QED) is 0.706. The van der Waals surface area contributed by atoms with Crippen molar-refractivity contribution in [1.82, 2.24) is 25.4 Å². The van der Waals surface area contributed by atoms with Gasteiger partial charge in [-0.05, 0) is 43.5 Å². The van der Waals surface area contributed by atoms with E-state index in [1.807, 2.05) is 12.1 Å². The first-order valence-electron chi connectivity index (χ1n) is 11.2. The molecule has 2 N–H and O–H groups in total. The van der Waals surface area contributed by atoms with Crippen LogP contribution in [0.5, 0.6) is 0 Å². The smallest absolute Gasteiger partial charge is 0.223 e. The molecule has 0 aromatic carbocycles. The van der Waals surface area contributed by atoms with Gasteiger partial charge < -0.3 is 15.4 Å². The van der Waals surface area contributed by atoms with E-state index in [0.29, 0.717) is 25.9 Å². The molecule has 1 unspecified atom stereocenters. The Hall–Kier alpha value is -2.03. The number of morpholine rings is 1. The predicted octanol–water partition coefficient (Wildman–Crippen LogP) is 0.638. The van der Waals surface area contributed by atoms with Crippen molar-refractivity contribution in [3.05, 3.63) is 30.1 Å². The van der Waals surface area contributed by atoms with E-state index in [1.54, 1.807) is 12.4 Å². The maximum absolute atomic E-state index is 12.8. The van der Waals surface area contributed by atoms with E-state index >= 15 is 0 Å². The van der Waals surface area contributed by atoms with Crippen LogP contribution in [0.4, 0.5) is 0 Å². The van der Waals surface area contributed by atoms with Gasteiger partial charge in [-0.2, -0.15) is 0 Å². The van der Waals surface area contributed by atoms with Crippen molar-refractivity contribution >= 4 is 11.8 Å². The molecular weight excluding hydrogens is 382 g/mol. The van der Waals surface area contributed by atoms with Gasteiger partial charge in [0.2, 0.25) is 11.8 Å². The topological polar surface area (TPSA) is 86.8 Å². The normalized spacial score (nSPS) is 22.7. The van der Waals surface area contributed by atoms with Gasteiger partial charge in [-0.1, -0.05) is 0 Å². The summed E-state index contributed by atoms with van der Waals surface area (Å²) in [6.45, 7) is 7.89. The van der Waals surface area contributed by atoms with Crippen LogP contribution in [0, 0.1) is 5.92 Å². The molecule has 2 aliphatic heterocycles. The van der Waals surface area contributed by atoms with Crippen LogP contribution in [-0.4, -0.2) is 85.6 Å². The fourth-order valence-corrected chi connectivity index (χ4v) is 4.02. The SMILES string of the molecule is O=C1CCN(Cc2ccncc2)CCCC(C(=O)NCCN2CCOCC2)CCN1. The first kappa shape index (κ1) is 22.7. The third kappa shape index (κ3) is 8.01. The molecule has 3 heterocycles. The van der Waals surface area contributed by atoms with Crippen molar-refractivity contribution in [3.8, 4) is 0 Å². The molecule has 0 saturated carbocycles. The van der Waals surface area contributed by atoms with Crippen LogP contribution in [0.1, 0.15) is 31.2 Å². The maximum Gasteiger partial charge on any atom is 0.223 e. The second-order valence-corrected chi connectivity index (χ2v) is 8.10. The number of hydrogen-bond donors (Lipinski definition) is 2. The molecule has 0 bridgehead atoms. The average molecular weight is 418 g/mol. The summed E-state index contributed by atoms with van der Waals surface area (Å²) in [6.07, 6.45) is 6.56. The van der Waals surface area contributed by atoms with Crippen LogP contribution in [0.15, 0.2) is 24.5 Å². The second kappa shape index (κ2) is 12.6. The number of nitrogens with zero attached hydrogens (tertiary/aromatic N) is 3. The predicted molar refractivity (Wildman–Crippen MR) is 115 cm³/mol. The molecule has 8 heteroatoms. The van der Waals surface area contributed by atoms with Gasteiger partial charge in [0.15, 0.2) is 0 Å². The number of pyridine rings is 1. The van der Waals surface area contributed by atoms with E-state index in [9.17, 15) is 9.59 Å². The van der Waals surface area contributed by atoms with Crippen LogP contribution >= 0.6 is 0 Å². The summed E-state index contributed by atoms with van der Waals surface area (Å²) in [5.74, 6) is 0.108. The Morgan fingerprint density at radius 1 is 1.13 bits per heavy atom. The Bertz CT molecular complexity index is 651. The lowest BCUT2D eigenvalue weighted by Gasteiger charge is -2.27. The zero-order chi connectivity index (χ0) is 21.0.